The van der Waals surface area contributed by atoms with Gasteiger partial charge in [0.1, 0.15) is 5.76 Å². The van der Waals surface area contributed by atoms with Crippen molar-refractivity contribution in [1.82, 2.24) is 5.32 Å². The Kier molecular flexibility index (Phi) is 7.07. The van der Waals surface area contributed by atoms with Gasteiger partial charge in [-0.3, -0.25) is 0 Å². The number of nitrogens with one attached hydrogen (secondary N) is 1. The average molecular weight is 337 g/mol. The lowest BCUT2D eigenvalue weighted by molar-refractivity contribution is 0.108. The molecular weight excluding hydrogens is 317 g/mol. The predicted octanol–water partition coefficient (Wildman–Crippen LogP) is 3.04. The van der Waals surface area contributed by atoms with E-state index in [1.807, 2.05) is 12.1 Å². The minimum atomic E-state index is 0.623. The number of ether oxygens (including phenoxy) is 1. The van der Waals surface area contributed by atoms with E-state index in [0.29, 0.717) is 5.92 Å². The van der Waals surface area contributed by atoms with Crippen LogP contribution in [-0.4, -0.2) is 19.8 Å². The van der Waals surface area contributed by atoms with Gasteiger partial charge in [-0.1, -0.05) is 13.8 Å². The standard InChI is InChI=1S/C12H20INO2/c1-10(2)9-15-7-3-6-14-8-11-4-5-12(13)16-11/h4-5,10,14H,3,6-9H2,1-2H3. The van der Waals surface area contributed by atoms with E-state index in [0.717, 1.165) is 42.3 Å². The van der Waals surface area contributed by atoms with E-state index in [1.54, 1.807) is 0 Å². The van der Waals surface area contributed by atoms with Crippen molar-refractivity contribution in [3.8, 4) is 0 Å². The second-order valence-corrected chi connectivity index (χ2v) is 5.27. The molecule has 0 radical (unpaired) electrons. The first-order valence-corrected chi connectivity index (χ1v) is 6.79. The smallest absolute Gasteiger partial charge is 0.164 e. The summed E-state index contributed by atoms with van der Waals surface area (Å²) in [5, 5.41) is 3.33. The van der Waals surface area contributed by atoms with E-state index in [-0.39, 0.29) is 0 Å². The molecule has 0 fully saturated rings. The van der Waals surface area contributed by atoms with Gasteiger partial charge in [0.05, 0.1) is 6.54 Å². The molecule has 1 aromatic heterocycles. The highest BCUT2D eigenvalue weighted by molar-refractivity contribution is 14.1. The van der Waals surface area contributed by atoms with Crippen molar-refractivity contribution in [3.05, 3.63) is 21.7 Å². The van der Waals surface area contributed by atoms with Crippen LogP contribution in [0.1, 0.15) is 26.0 Å². The lowest BCUT2D eigenvalue weighted by Crippen LogP contribution is -2.16. The molecule has 0 atom stereocenters. The summed E-state index contributed by atoms with van der Waals surface area (Å²) in [4.78, 5) is 0. The first-order chi connectivity index (χ1) is 7.68. The molecule has 1 rings (SSSR count). The molecule has 1 aromatic rings. The molecule has 92 valence electrons. The maximum atomic E-state index is 5.49. The quantitative estimate of drug-likeness (QED) is 0.585. The molecule has 0 saturated heterocycles. The maximum Gasteiger partial charge on any atom is 0.164 e. The Morgan fingerprint density at radius 3 is 2.88 bits per heavy atom. The number of halogens is 1. The topological polar surface area (TPSA) is 34.4 Å². The molecule has 0 aliphatic rings. The number of hydrogen-bond donors (Lipinski definition) is 1. The van der Waals surface area contributed by atoms with Gasteiger partial charge in [0, 0.05) is 13.2 Å². The molecule has 4 heteroatoms. The zero-order chi connectivity index (χ0) is 11.8. The fraction of sp³-hybridized carbons (Fsp3) is 0.667. The van der Waals surface area contributed by atoms with Gasteiger partial charge in [-0.05, 0) is 53.6 Å². The van der Waals surface area contributed by atoms with Crippen molar-refractivity contribution in [2.45, 2.75) is 26.8 Å². The van der Waals surface area contributed by atoms with Gasteiger partial charge < -0.3 is 14.5 Å². The van der Waals surface area contributed by atoms with Gasteiger partial charge in [-0.15, -0.1) is 0 Å². The summed E-state index contributed by atoms with van der Waals surface area (Å²) in [7, 11) is 0. The minimum absolute atomic E-state index is 0.623. The van der Waals surface area contributed by atoms with Crippen LogP contribution in [-0.2, 0) is 11.3 Å². The summed E-state index contributed by atoms with van der Waals surface area (Å²) in [6.07, 6.45) is 1.05. The lowest BCUT2D eigenvalue weighted by atomic mass is 10.2. The van der Waals surface area contributed by atoms with Crippen molar-refractivity contribution >= 4 is 22.6 Å². The normalized spacial score (nSPS) is 11.2. The van der Waals surface area contributed by atoms with E-state index < -0.39 is 0 Å². The van der Waals surface area contributed by atoms with Crippen LogP contribution < -0.4 is 5.32 Å². The lowest BCUT2D eigenvalue weighted by Gasteiger charge is -2.06. The highest BCUT2D eigenvalue weighted by atomic mass is 127. The van der Waals surface area contributed by atoms with Crippen molar-refractivity contribution in [1.29, 1.82) is 0 Å². The van der Waals surface area contributed by atoms with Crippen LogP contribution in [0.15, 0.2) is 16.5 Å². The third kappa shape index (κ3) is 6.50. The van der Waals surface area contributed by atoms with Gasteiger partial charge in [-0.25, -0.2) is 0 Å². The predicted molar refractivity (Wildman–Crippen MR) is 73.4 cm³/mol. The van der Waals surface area contributed by atoms with Crippen molar-refractivity contribution in [3.63, 3.8) is 0 Å². The average Bonchev–Trinajstić information content (AvgIpc) is 2.62. The van der Waals surface area contributed by atoms with Crippen LogP contribution in [0.2, 0.25) is 0 Å². The van der Waals surface area contributed by atoms with Crippen LogP contribution in [0, 0.1) is 9.68 Å². The third-order valence-corrected chi connectivity index (χ3v) is 2.60. The Bertz CT molecular complexity index is 286. The zero-order valence-electron chi connectivity index (χ0n) is 9.96. The second-order valence-electron chi connectivity index (χ2n) is 4.20. The molecule has 0 aliphatic carbocycles. The van der Waals surface area contributed by atoms with Gasteiger partial charge in [0.15, 0.2) is 3.77 Å². The highest BCUT2D eigenvalue weighted by Gasteiger charge is 1.98. The molecule has 1 heterocycles. The SMILES string of the molecule is CC(C)COCCCNCc1ccc(I)o1. The Morgan fingerprint density at radius 2 is 2.25 bits per heavy atom. The van der Waals surface area contributed by atoms with Crippen LogP contribution in [0.4, 0.5) is 0 Å². The Labute approximate surface area is 111 Å². The monoisotopic (exact) mass is 337 g/mol. The summed E-state index contributed by atoms with van der Waals surface area (Å²) >= 11 is 2.17. The Morgan fingerprint density at radius 1 is 1.44 bits per heavy atom. The van der Waals surface area contributed by atoms with Crippen molar-refractivity contribution < 1.29 is 9.15 Å². The van der Waals surface area contributed by atoms with Crippen LogP contribution in [0.3, 0.4) is 0 Å². The summed E-state index contributed by atoms with van der Waals surface area (Å²) in [6.45, 7) is 7.79. The van der Waals surface area contributed by atoms with Crippen molar-refractivity contribution in [2.75, 3.05) is 19.8 Å². The fourth-order valence-electron chi connectivity index (χ4n) is 1.28. The first-order valence-electron chi connectivity index (χ1n) is 5.71. The zero-order valence-corrected chi connectivity index (χ0v) is 12.1. The molecule has 0 saturated carbocycles. The minimum Gasteiger partial charge on any atom is -0.454 e. The van der Waals surface area contributed by atoms with Crippen LogP contribution in [0.25, 0.3) is 0 Å². The van der Waals surface area contributed by atoms with Gasteiger partial charge in [-0.2, -0.15) is 0 Å². The maximum absolute atomic E-state index is 5.49. The fourth-order valence-corrected chi connectivity index (χ4v) is 1.74. The first kappa shape index (κ1) is 14.0. The molecular formula is C12H20INO2. The molecule has 0 spiro atoms. The second kappa shape index (κ2) is 8.08. The Hall–Kier alpha value is -0.0700. The van der Waals surface area contributed by atoms with Crippen LogP contribution >= 0.6 is 22.6 Å². The Balaban J connectivity index is 1.92. The number of furan rings is 1. The number of rotatable bonds is 8. The van der Waals surface area contributed by atoms with Gasteiger partial charge >= 0.3 is 0 Å². The summed E-state index contributed by atoms with van der Waals surface area (Å²) in [5.74, 6) is 1.62. The van der Waals surface area contributed by atoms with Crippen LogP contribution in [0.5, 0.6) is 0 Å². The molecule has 0 aromatic carbocycles. The molecule has 0 aliphatic heterocycles. The van der Waals surface area contributed by atoms with Gasteiger partial charge in [0.25, 0.3) is 0 Å². The molecule has 0 amide bonds. The molecule has 3 nitrogen and oxygen atoms in total. The summed E-state index contributed by atoms with van der Waals surface area (Å²) < 4.78 is 11.9. The molecule has 16 heavy (non-hydrogen) atoms. The van der Waals surface area contributed by atoms with E-state index in [2.05, 4.69) is 41.8 Å². The van der Waals surface area contributed by atoms with E-state index in [4.69, 9.17) is 9.15 Å². The van der Waals surface area contributed by atoms with E-state index in [9.17, 15) is 0 Å². The highest BCUT2D eigenvalue weighted by Crippen LogP contribution is 2.09. The molecule has 0 bridgehead atoms. The van der Waals surface area contributed by atoms with Gasteiger partial charge in [0.2, 0.25) is 0 Å². The number of hydrogen-bond acceptors (Lipinski definition) is 3. The molecule has 0 unspecified atom stereocenters. The summed E-state index contributed by atoms with van der Waals surface area (Å²) in [5.41, 5.74) is 0. The largest absolute Gasteiger partial charge is 0.454 e. The van der Waals surface area contributed by atoms with E-state index >= 15 is 0 Å². The third-order valence-electron chi connectivity index (χ3n) is 2.02. The summed E-state index contributed by atoms with van der Waals surface area (Å²) in [6, 6.07) is 3.98. The van der Waals surface area contributed by atoms with E-state index in [1.165, 1.54) is 0 Å². The molecule has 1 N–H and O–H groups in total. The van der Waals surface area contributed by atoms with Crippen molar-refractivity contribution in [2.24, 2.45) is 5.92 Å².